The second-order valence-electron chi connectivity index (χ2n) is 10.3. The van der Waals surface area contributed by atoms with E-state index in [1.54, 1.807) is 26.0 Å². The number of carboxylic acid groups (broad SMARTS) is 1. The lowest BCUT2D eigenvalue weighted by atomic mass is 9.73. The standard InChI is InChI=1S/C30H31F3N6O5/c1-4-29(35)13-21(26-22(7-8-23(38-26)43-3)39(29)28(42)44-5-2)25(27-36-15-17(16-37-27)6-9-24(40)41)19-10-18(14-34)11-20(12-19)30(31,32)33/h7-8,10-12,15-16,21,25H,4-6,9,13,35H2,1-3H3,(H,40,41)/t21-,25?,29+/m0/s1. The van der Waals surface area contributed by atoms with Crippen LogP contribution in [-0.2, 0) is 22.1 Å². The van der Waals surface area contributed by atoms with Gasteiger partial charge in [0, 0.05) is 30.8 Å². The smallest absolute Gasteiger partial charge is 0.416 e. The maximum absolute atomic E-state index is 14.0. The summed E-state index contributed by atoms with van der Waals surface area (Å²) in [6.45, 7) is 3.49. The summed E-state index contributed by atoms with van der Waals surface area (Å²) in [6, 6.07) is 7.95. The van der Waals surface area contributed by atoms with Crippen LogP contribution in [0, 0.1) is 11.3 Å². The van der Waals surface area contributed by atoms with Crippen LogP contribution in [0.5, 0.6) is 5.88 Å². The van der Waals surface area contributed by atoms with Gasteiger partial charge in [-0.2, -0.15) is 18.4 Å². The molecule has 3 heterocycles. The number of aryl methyl sites for hydroxylation is 1. The molecule has 11 nitrogen and oxygen atoms in total. The van der Waals surface area contributed by atoms with Crippen molar-refractivity contribution in [2.24, 2.45) is 5.73 Å². The summed E-state index contributed by atoms with van der Waals surface area (Å²) in [5.74, 6) is -2.57. The monoisotopic (exact) mass is 612 g/mol. The van der Waals surface area contributed by atoms with Crippen molar-refractivity contribution in [3.8, 4) is 11.9 Å². The Balaban J connectivity index is 2.00. The van der Waals surface area contributed by atoms with Gasteiger partial charge < -0.3 is 20.3 Å². The molecule has 3 N–H and O–H groups in total. The van der Waals surface area contributed by atoms with Crippen LogP contribution in [0.2, 0.25) is 0 Å². The van der Waals surface area contributed by atoms with Gasteiger partial charge in [0.25, 0.3) is 0 Å². The molecule has 2 aromatic heterocycles. The van der Waals surface area contributed by atoms with Crippen molar-refractivity contribution in [1.29, 1.82) is 5.26 Å². The quantitative estimate of drug-likeness (QED) is 0.331. The number of carbonyl (C=O) groups is 2. The van der Waals surface area contributed by atoms with Crippen LogP contribution >= 0.6 is 0 Å². The molecule has 14 heteroatoms. The number of halogens is 3. The number of carbonyl (C=O) groups excluding carboxylic acids is 1. The van der Waals surface area contributed by atoms with Crippen molar-refractivity contribution < 1.29 is 37.3 Å². The maximum Gasteiger partial charge on any atom is 0.416 e. The second kappa shape index (κ2) is 12.8. The minimum atomic E-state index is -4.76. The molecule has 232 valence electrons. The number of anilines is 1. The first-order chi connectivity index (χ1) is 20.8. The molecule has 0 bridgehead atoms. The fourth-order valence-electron chi connectivity index (χ4n) is 5.41. The number of nitriles is 1. The highest BCUT2D eigenvalue weighted by Gasteiger charge is 2.49. The Morgan fingerprint density at radius 1 is 1.23 bits per heavy atom. The number of rotatable bonds is 9. The van der Waals surface area contributed by atoms with Gasteiger partial charge in [0.05, 0.1) is 53.9 Å². The van der Waals surface area contributed by atoms with E-state index >= 15 is 0 Å². The second-order valence-corrected chi connectivity index (χ2v) is 10.3. The van der Waals surface area contributed by atoms with E-state index in [1.807, 2.05) is 0 Å². The van der Waals surface area contributed by atoms with E-state index in [1.165, 1.54) is 36.5 Å². The fraction of sp³-hybridized carbons (Fsp3) is 0.400. The number of nitrogens with two attached hydrogens (primary N) is 1. The van der Waals surface area contributed by atoms with Crippen LogP contribution in [0.1, 0.15) is 78.7 Å². The minimum absolute atomic E-state index is 0.00239. The highest BCUT2D eigenvalue weighted by Crippen LogP contribution is 2.51. The van der Waals surface area contributed by atoms with Crippen molar-refractivity contribution in [2.75, 3.05) is 18.6 Å². The van der Waals surface area contributed by atoms with Gasteiger partial charge >= 0.3 is 18.2 Å². The number of benzene rings is 1. The third kappa shape index (κ3) is 6.57. The normalized spacial score (nSPS) is 18.6. The zero-order chi connectivity index (χ0) is 32.2. The Kier molecular flexibility index (Phi) is 9.39. The van der Waals surface area contributed by atoms with Gasteiger partial charge in [-0.1, -0.05) is 6.92 Å². The number of alkyl halides is 3. The van der Waals surface area contributed by atoms with E-state index in [2.05, 4.69) is 15.0 Å². The third-order valence-electron chi connectivity index (χ3n) is 7.56. The number of amides is 1. The number of carboxylic acids is 1. The molecule has 1 unspecified atom stereocenters. The van der Waals surface area contributed by atoms with E-state index < -0.39 is 41.3 Å². The molecule has 1 aliphatic rings. The van der Waals surface area contributed by atoms with Crippen LogP contribution < -0.4 is 15.4 Å². The van der Waals surface area contributed by atoms with Crippen molar-refractivity contribution in [3.05, 3.63) is 76.5 Å². The average molecular weight is 613 g/mol. The SMILES string of the molecule is CCOC(=O)N1c2ccc(OC)nc2[C@H](C(c2cc(C#N)cc(C(F)(F)F)c2)c2ncc(CCC(=O)O)cn2)C[C@@]1(N)CC. The van der Waals surface area contributed by atoms with E-state index in [-0.39, 0.29) is 66.5 Å². The van der Waals surface area contributed by atoms with Crippen LogP contribution in [-0.4, -0.2) is 51.5 Å². The van der Waals surface area contributed by atoms with Gasteiger partial charge in [0.2, 0.25) is 5.88 Å². The largest absolute Gasteiger partial charge is 0.481 e. The number of pyridine rings is 1. The van der Waals surface area contributed by atoms with Crippen molar-refractivity contribution >= 4 is 17.7 Å². The molecule has 0 fully saturated rings. The first kappa shape index (κ1) is 32.2. The fourth-order valence-corrected chi connectivity index (χ4v) is 5.41. The number of methoxy groups -OCH3 is 1. The van der Waals surface area contributed by atoms with E-state index in [0.29, 0.717) is 5.56 Å². The Labute approximate surface area is 251 Å². The number of aromatic nitrogens is 3. The topological polar surface area (TPSA) is 165 Å². The van der Waals surface area contributed by atoms with Gasteiger partial charge in [0.15, 0.2) is 0 Å². The number of hydrogen-bond donors (Lipinski definition) is 2. The minimum Gasteiger partial charge on any atom is -0.481 e. The zero-order valence-corrected chi connectivity index (χ0v) is 24.3. The lowest BCUT2D eigenvalue weighted by Gasteiger charge is -2.47. The molecular formula is C30H31F3N6O5. The molecule has 1 aromatic carbocycles. The number of fused-ring (bicyclic) bond motifs is 1. The lowest BCUT2D eigenvalue weighted by Crippen LogP contribution is -2.62. The zero-order valence-electron chi connectivity index (χ0n) is 24.3. The van der Waals surface area contributed by atoms with E-state index in [4.69, 9.17) is 20.3 Å². The van der Waals surface area contributed by atoms with Crippen molar-refractivity contribution in [1.82, 2.24) is 15.0 Å². The van der Waals surface area contributed by atoms with E-state index in [0.717, 1.165) is 12.1 Å². The summed E-state index contributed by atoms with van der Waals surface area (Å²) in [6.07, 6.45) is -2.43. The average Bonchev–Trinajstić information content (AvgIpc) is 3.00. The number of hydrogen-bond acceptors (Lipinski definition) is 9. The predicted octanol–water partition coefficient (Wildman–Crippen LogP) is 5.14. The molecule has 1 aliphatic heterocycles. The molecule has 3 aromatic rings. The van der Waals surface area contributed by atoms with Gasteiger partial charge in [-0.05, 0) is 61.6 Å². The summed E-state index contributed by atoms with van der Waals surface area (Å²) >= 11 is 0. The van der Waals surface area contributed by atoms with Crippen molar-refractivity contribution in [2.45, 2.75) is 63.2 Å². The van der Waals surface area contributed by atoms with Crippen LogP contribution in [0.3, 0.4) is 0 Å². The molecule has 0 saturated carbocycles. The first-order valence-electron chi connectivity index (χ1n) is 13.8. The molecule has 0 saturated heterocycles. The highest BCUT2D eigenvalue weighted by atomic mass is 19.4. The number of aliphatic carboxylic acids is 1. The molecule has 4 rings (SSSR count). The summed E-state index contributed by atoms with van der Waals surface area (Å²) in [4.78, 5) is 39.1. The first-order valence-corrected chi connectivity index (χ1v) is 13.8. The summed E-state index contributed by atoms with van der Waals surface area (Å²) in [7, 11) is 1.40. The molecule has 3 atom stereocenters. The lowest BCUT2D eigenvalue weighted by molar-refractivity contribution is -0.138. The Morgan fingerprint density at radius 3 is 2.50 bits per heavy atom. The molecule has 0 radical (unpaired) electrons. The third-order valence-corrected chi connectivity index (χ3v) is 7.56. The Morgan fingerprint density at radius 2 is 1.93 bits per heavy atom. The molecular weight excluding hydrogens is 581 g/mol. The predicted molar refractivity (Wildman–Crippen MR) is 151 cm³/mol. The molecule has 44 heavy (non-hydrogen) atoms. The summed E-state index contributed by atoms with van der Waals surface area (Å²) in [5, 5.41) is 18.7. The Bertz CT molecular complexity index is 1580. The molecule has 1 amide bonds. The van der Waals surface area contributed by atoms with Gasteiger partial charge in [-0.3, -0.25) is 9.69 Å². The van der Waals surface area contributed by atoms with Crippen LogP contribution in [0.25, 0.3) is 0 Å². The molecule has 0 aliphatic carbocycles. The van der Waals surface area contributed by atoms with Crippen LogP contribution in [0.4, 0.5) is 23.7 Å². The van der Waals surface area contributed by atoms with E-state index in [9.17, 15) is 28.0 Å². The summed E-state index contributed by atoms with van der Waals surface area (Å²) in [5.41, 5.74) is 5.42. The number of nitrogens with zero attached hydrogens (tertiary/aromatic N) is 5. The highest BCUT2D eigenvalue weighted by molar-refractivity contribution is 5.91. The van der Waals surface area contributed by atoms with Gasteiger partial charge in [-0.15, -0.1) is 0 Å². The van der Waals surface area contributed by atoms with Crippen molar-refractivity contribution in [3.63, 3.8) is 0 Å². The maximum atomic E-state index is 14.0. The van der Waals surface area contributed by atoms with Crippen LogP contribution in [0.15, 0.2) is 42.7 Å². The summed E-state index contributed by atoms with van der Waals surface area (Å²) < 4.78 is 52.8. The molecule has 0 spiro atoms. The number of ether oxygens (including phenoxy) is 2. The Hall–Kier alpha value is -4.77. The van der Waals surface area contributed by atoms with Gasteiger partial charge in [-0.25, -0.2) is 19.7 Å². The van der Waals surface area contributed by atoms with Gasteiger partial charge in [0.1, 0.15) is 5.82 Å².